The Balaban J connectivity index is 2.19. The van der Waals surface area contributed by atoms with Crippen molar-refractivity contribution < 1.29 is 19.1 Å². The van der Waals surface area contributed by atoms with Crippen molar-refractivity contribution in [2.24, 2.45) is 5.73 Å². The van der Waals surface area contributed by atoms with Crippen LogP contribution in [0.3, 0.4) is 0 Å². The fourth-order valence-electron chi connectivity index (χ4n) is 1.86. The van der Waals surface area contributed by atoms with E-state index in [-0.39, 0.29) is 24.8 Å². The molecule has 1 aliphatic carbocycles. The van der Waals surface area contributed by atoms with Gasteiger partial charge in [0.1, 0.15) is 6.54 Å². The van der Waals surface area contributed by atoms with Gasteiger partial charge in [0.15, 0.2) is 5.69 Å². The molecular weight excluding hydrogens is 266 g/mol. The zero-order chi connectivity index (χ0) is 14.7. The van der Waals surface area contributed by atoms with Gasteiger partial charge in [0.2, 0.25) is 5.91 Å². The number of amides is 3. The topological polar surface area (TPSA) is 129 Å². The lowest BCUT2D eigenvalue weighted by molar-refractivity contribution is -0.120. The number of carbonyl (C=O) groups excluding carboxylic acids is 3. The van der Waals surface area contributed by atoms with Gasteiger partial charge in [0.05, 0.1) is 12.3 Å². The third-order valence-electron chi connectivity index (χ3n) is 2.76. The first-order chi connectivity index (χ1) is 9.52. The summed E-state index contributed by atoms with van der Waals surface area (Å²) in [6, 6.07) is -0.936. The molecule has 0 unspecified atom stereocenters. The van der Waals surface area contributed by atoms with Crippen LogP contribution in [-0.2, 0) is 16.1 Å². The molecule has 0 aromatic carbocycles. The maximum Gasteiger partial charge on any atom is 0.360 e. The predicted octanol–water partition coefficient (Wildman–Crippen LogP) is -0.473. The molecule has 1 aromatic rings. The van der Waals surface area contributed by atoms with E-state index in [1.807, 2.05) is 5.32 Å². The number of ether oxygens (including phenoxy) is 1. The summed E-state index contributed by atoms with van der Waals surface area (Å²) in [5.74, 6) is -1.03. The lowest BCUT2D eigenvalue weighted by Crippen LogP contribution is -2.37. The molecule has 2 rings (SSSR count). The summed E-state index contributed by atoms with van der Waals surface area (Å²) in [6.45, 7) is 1.71. The number of carbonyl (C=O) groups is 3. The average Bonchev–Trinajstić information content (AvgIpc) is 3.10. The van der Waals surface area contributed by atoms with Gasteiger partial charge in [0.25, 0.3) is 0 Å². The SMILES string of the molecule is CCOC(=O)c1nnn(CC(=O)NC(N)=O)c1C1CC1. The molecule has 3 N–H and O–H groups in total. The van der Waals surface area contributed by atoms with Crippen molar-refractivity contribution in [3.8, 4) is 0 Å². The third kappa shape index (κ3) is 3.11. The lowest BCUT2D eigenvalue weighted by atomic mass is 10.2. The van der Waals surface area contributed by atoms with E-state index in [4.69, 9.17) is 10.5 Å². The minimum atomic E-state index is -0.936. The van der Waals surface area contributed by atoms with Crippen LogP contribution in [0.25, 0.3) is 0 Å². The van der Waals surface area contributed by atoms with E-state index < -0.39 is 17.9 Å². The first kappa shape index (κ1) is 14.0. The fourth-order valence-corrected chi connectivity index (χ4v) is 1.86. The van der Waals surface area contributed by atoms with Crippen LogP contribution in [0.2, 0.25) is 0 Å². The van der Waals surface area contributed by atoms with E-state index >= 15 is 0 Å². The molecule has 9 heteroatoms. The summed E-state index contributed by atoms with van der Waals surface area (Å²) in [7, 11) is 0. The number of rotatable bonds is 5. The molecule has 20 heavy (non-hydrogen) atoms. The molecule has 108 valence electrons. The molecular formula is C11H15N5O4. The molecule has 1 saturated carbocycles. The number of hydrogen-bond acceptors (Lipinski definition) is 6. The fraction of sp³-hybridized carbons (Fsp3) is 0.545. The summed E-state index contributed by atoms with van der Waals surface area (Å²) in [5.41, 5.74) is 5.56. The molecule has 0 aliphatic heterocycles. The molecule has 0 bridgehead atoms. The van der Waals surface area contributed by atoms with Gasteiger partial charge in [0, 0.05) is 5.92 Å². The van der Waals surface area contributed by atoms with Crippen LogP contribution in [0.15, 0.2) is 0 Å². The number of nitrogens with two attached hydrogens (primary N) is 1. The van der Waals surface area contributed by atoms with Crippen LogP contribution in [0, 0.1) is 0 Å². The Labute approximate surface area is 114 Å². The Bertz CT molecular complexity index is 549. The van der Waals surface area contributed by atoms with Gasteiger partial charge >= 0.3 is 12.0 Å². The highest BCUT2D eigenvalue weighted by Crippen LogP contribution is 2.41. The van der Waals surface area contributed by atoms with Crippen molar-refractivity contribution in [3.05, 3.63) is 11.4 Å². The average molecular weight is 281 g/mol. The molecule has 3 amide bonds. The van der Waals surface area contributed by atoms with Gasteiger partial charge in [-0.2, -0.15) is 0 Å². The highest BCUT2D eigenvalue weighted by Gasteiger charge is 2.34. The van der Waals surface area contributed by atoms with E-state index in [1.54, 1.807) is 6.92 Å². The maximum atomic E-state index is 11.8. The van der Waals surface area contributed by atoms with Crippen LogP contribution < -0.4 is 11.1 Å². The van der Waals surface area contributed by atoms with E-state index in [0.29, 0.717) is 5.69 Å². The largest absolute Gasteiger partial charge is 0.461 e. The van der Waals surface area contributed by atoms with Crippen LogP contribution >= 0.6 is 0 Å². The molecule has 0 saturated heterocycles. The number of hydrogen-bond donors (Lipinski definition) is 2. The first-order valence-electron chi connectivity index (χ1n) is 6.22. The van der Waals surface area contributed by atoms with Gasteiger partial charge in [-0.25, -0.2) is 14.3 Å². The van der Waals surface area contributed by atoms with Gasteiger partial charge in [-0.3, -0.25) is 10.1 Å². The Morgan fingerprint density at radius 3 is 2.70 bits per heavy atom. The zero-order valence-corrected chi connectivity index (χ0v) is 11.0. The minimum absolute atomic E-state index is 0.126. The zero-order valence-electron chi connectivity index (χ0n) is 11.0. The Morgan fingerprint density at radius 2 is 2.15 bits per heavy atom. The van der Waals surface area contributed by atoms with E-state index in [0.717, 1.165) is 12.8 Å². The molecule has 1 heterocycles. The van der Waals surface area contributed by atoms with Crippen molar-refractivity contribution in [1.82, 2.24) is 20.3 Å². The normalized spacial score (nSPS) is 13.8. The number of esters is 1. The van der Waals surface area contributed by atoms with Crippen LogP contribution in [0.5, 0.6) is 0 Å². The minimum Gasteiger partial charge on any atom is -0.461 e. The van der Waals surface area contributed by atoms with Crippen molar-refractivity contribution in [2.45, 2.75) is 32.2 Å². The highest BCUT2D eigenvalue weighted by molar-refractivity contribution is 5.93. The van der Waals surface area contributed by atoms with E-state index in [9.17, 15) is 14.4 Å². The summed E-state index contributed by atoms with van der Waals surface area (Å²) in [4.78, 5) is 33.9. The third-order valence-corrected chi connectivity index (χ3v) is 2.76. The molecule has 0 spiro atoms. The van der Waals surface area contributed by atoms with Gasteiger partial charge in [-0.05, 0) is 19.8 Å². The Hall–Kier alpha value is -2.45. The van der Waals surface area contributed by atoms with Crippen LogP contribution in [0.1, 0.15) is 41.9 Å². The Morgan fingerprint density at radius 1 is 1.45 bits per heavy atom. The maximum absolute atomic E-state index is 11.8. The molecule has 0 atom stereocenters. The quantitative estimate of drug-likeness (QED) is 0.702. The van der Waals surface area contributed by atoms with Crippen molar-refractivity contribution >= 4 is 17.9 Å². The number of imide groups is 1. The summed E-state index contributed by atoms with van der Waals surface area (Å²) in [5, 5.41) is 9.49. The Kier molecular flexibility index (Phi) is 3.97. The van der Waals surface area contributed by atoms with Crippen molar-refractivity contribution in [1.29, 1.82) is 0 Å². The first-order valence-corrected chi connectivity index (χ1v) is 6.22. The number of nitrogens with one attached hydrogen (secondary N) is 1. The summed E-state index contributed by atoms with van der Waals surface area (Å²) >= 11 is 0. The highest BCUT2D eigenvalue weighted by atomic mass is 16.5. The van der Waals surface area contributed by atoms with Crippen LogP contribution in [0.4, 0.5) is 4.79 Å². The molecule has 9 nitrogen and oxygen atoms in total. The predicted molar refractivity (Wildman–Crippen MR) is 65.7 cm³/mol. The molecule has 1 aliphatic rings. The van der Waals surface area contributed by atoms with Gasteiger partial charge in [-0.1, -0.05) is 5.21 Å². The summed E-state index contributed by atoms with van der Waals surface area (Å²) in [6.07, 6.45) is 1.80. The standard InChI is InChI=1S/C11H15N5O4/c1-2-20-10(18)8-9(6-3-4-6)16(15-14-8)5-7(17)13-11(12)19/h6H,2-5H2,1H3,(H3,12,13,17,19). The van der Waals surface area contributed by atoms with Gasteiger partial charge < -0.3 is 10.5 Å². The molecule has 0 radical (unpaired) electrons. The van der Waals surface area contributed by atoms with Crippen molar-refractivity contribution in [3.63, 3.8) is 0 Å². The second-order valence-corrected chi connectivity index (χ2v) is 4.39. The van der Waals surface area contributed by atoms with Gasteiger partial charge in [-0.15, -0.1) is 5.10 Å². The van der Waals surface area contributed by atoms with E-state index in [2.05, 4.69) is 10.3 Å². The number of primary amides is 1. The van der Waals surface area contributed by atoms with Crippen LogP contribution in [-0.4, -0.2) is 39.5 Å². The monoisotopic (exact) mass is 281 g/mol. The second-order valence-electron chi connectivity index (χ2n) is 4.39. The second kappa shape index (κ2) is 5.68. The lowest BCUT2D eigenvalue weighted by Gasteiger charge is -2.06. The van der Waals surface area contributed by atoms with E-state index in [1.165, 1.54) is 4.68 Å². The molecule has 1 fully saturated rings. The number of aromatic nitrogens is 3. The smallest absolute Gasteiger partial charge is 0.360 e. The number of nitrogens with zero attached hydrogens (tertiary/aromatic N) is 3. The number of urea groups is 1. The molecule has 1 aromatic heterocycles. The van der Waals surface area contributed by atoms with Crippen molar-refractivity contribution in [2.75, 3.05) is 6.61 Å². The summed E-state index contributed by atoms with van der Waals surface area (Å²) < 4.78 is 6.21.